The van der Waals surface area contributed by atoms with E-state index < -0.39 is 0 Å². The molecule has 0 aliphatic carbocycles. The molecule has 0 spiro atoms. The molecule has 27 heavy (non-hydrogen) atoms. The minimum atomic E-state index is 0.0340. The van der Waals surface area contributed by atoms with Crippen LogP contribution in [-0.4, -0.2) is 44.2 Å². The van der Waals surface area contributed by atoms with Crippen molar-refractivity contribution in [2.75, 3.05) is 37.8 Å². The maximum absolute atomic E-state index is 10.5. The summed E-state index contributed by atoms with van der Waals surface area (Å²) in [5.74, 6) is 0.432. The molecule has 0 aromatic heterocycles. The van der Waals surface area contributed by atoms with Gasteiger partial charge in [0.15, 0.2) is 11.5 Å². The number of ether oxygens (including phenoxy) is 2. The quantitative estimate of drug-likeness (QED) is 0.527. The van der Waals surface area contributed by atoms with Gasteiger partial charge in [-0.3, -0.25) is 4.99 Å². The predicted molar refractivity (Wildman–Crippen MR) is 116 cm³/mol. The van der Waals surface area contributed by atoms with Crippen LogP contribution in [0.25, 0.3) is 0 Å². The summed E-state index contributed by atoms with van der Waals surface area (Å²) in [6.07, 6.45) is 1.59. The van der Waals surface area contributed by atoms with Crippen molar-refractivity contribution in [2.24, 2.45) is 4.99 Å². The number of benzene rings is 2. The first-order valence-corrected chi connectivity index (χ1v) is 10.5. The summed E-state index contributed by atoms with van der Waals surface area (Å²) in [6.45, 7) is 5.37. The highest BCUT2D eigenvalue weighted by Crippen LogP contribution is 2.40. The topological polar surface area (TPSA) is 54.3 Å². The number of nitrogens with zero attached hydrogens (tertiary/aromatic N) is 2. The molecule has 0 amide bonds. The minimum absolute atomic E-state index is 0.0340. The number of phenols is 1. The first kappa shape index (κ1) is 20.5. The molecule has 8 heteroatoms. The minimum Gasteiger partial charge on any atom is -0.504 e. The van der Waals surface area contributed by atoms with Gasteiger partial charge in [0.1, 0.15) is 0 Å². The van der Waals surface area contributed by atoms with Crippen LogP contribution in [-0.2, 0) is 4.74 Å². The van der Waals surface area contributed by atoms with Crippen LogP contribution < -0.4 is 9.64 Å². The molecule has 0 radical (unpaired) electrons. The molecule has 0 atom stereocenters. The number of morpholine rings is 1. The van der Waals surface area contributed by atoms with Crippen LogP contribution in [0.5, 0.6) is 11.5 Å². The number of aromatic hydroxyl groups is 1. The van der Waals surface area contributed by atoms with Crippen molar-refractivity contribution in [1.82, 2.24) is 0 Å². The Labute approximate surface area is 180 Å². The Hall–Kier alpha value is -1.28. The maximum atomic E-state index is 10.5. The zero-order chi connectivity index (χ0) is 19.4. The van der Waals surface area contributed by atoms with E-state index in [2.05, 4.69) is 41.8 Å². The average molecular weight is 519 g/mol. The van der Waals surface area contributed by atoms with Crippen molar-refractivity contribution in [3.8, 4) is 11.5 Å². The third kappa shape index (κ3) is 4.77. The van der Waals surface area contributed by atoms with Crippen LogP contribution in [0, 0.1) is 0 Å². The summed E-state index contributed by atoms with van der Waals surface area (Å²) in [5, 5.41) is 11.1. The van der Waals surface area contributed by atoms with E-state index in [1.165, 1.54) is 0 Å². The maximum Gasteiger partial charge on any atom is 0.167 e. The lowest BCUT2D eigenvalue weighted by Crippen LogP contribution is -2.36. The number of anilines is 1. The summed E-state index contributed by atoms with van der Waals surface area (Å²) >= 11 is 13.4. The van der Waals surface area contributed by atoms with E-state index in [0.717, 1.165) is 23.2 Å². The lowest BCUT2D eigenvalue weighted by Gasteiger charge is -2.29. The van der Waals surface area contributed by atoms with E-state index in [1.54, 1.807) is 12.3 Å². The second-order valence-corrected chi connectivity index (χ2v) is 7.91. The van der Waals surface area contributed by atoms with Gasteiger partial charge in [-0.25, -0.2) is 0 Å². The fourth-order valence-electron chi connectivity index (χ4n) is 2.77. The smallest absolute Gasteiger partial charge is 0.167 e. The van der Waals surface area contributed by atoms with Gasteiger partial charge in [-0.15, -0.1) is 0 Å². The van der Waals surface area contributed by atoms with E-state index >= 15 is 0 Å². The summed E-state index contributed by atoms with van der Waals surface area (Å²) in [5.41, 5.74) is 2.20. The molecule has 1 heterocycles. The Morgan fingerprint density at radius 3 is 2.70 bits per heavy atom. The largest absolute Gasteiger partial charge is 0.504 e. The average Bonchev–Trinajstić information content (AvgIpc) is 2.67. The zero-order valence-corrected chi connectivity index (χ0v) is 18.6. The second-order valence-electron chi connectivity index (χ2n) is 5.86. The number of hydrogen-bond donors (Lipinski definition) is 1. The molecule has 1 aliphatic heterocycles. The van der Waals surface area contributed by atoms with Crippen molar-refractivity contribution < 1.29 is 14.6 Å². The van der Waals surface area contributed by atoms with Crippen LogP contribution in [0.15, 0.2) is 38.2 Å². The fourth-order valence-corrected chi connectivity index (χ4v) is 3.89. The van der Waals surface area contributed by atoms with Crippen LogP contribution in [0.4, 0.5) is 11.4 Å². The Kier molecular flexibility index (Phi) is 7.03. The van der Waals surface area contributed by atoms with Gasteiger partial charge >= 0.3 is 0 Å². The molecule has 0 bridgehead atoms. The Bertz CT molecular complexity index is 855. The van der Waals surface area contributed by atoms with Gasteiger partial charge in [0, 0.05) is 28.2 Å². The standard InChI is InChI=1S/C19H19Br2ClN2O3/c1-2-27-17-10-14(20)18(21)13(19(17)25)11-23-12-3-4-16(15(22)9-12)24-5-7-26-8-6-24/h3-4,9-11,25H,2,5-8H2,1H3. The highest BCUT2D eigenvalue weighted by molar-refractivity contribution is 9.13. The van der Waals surface area contributed by atoms with Gasteiger partial charge in [-0.1, -0.05) is 11.6 Å². The number of hydrogen-bond acceptors (Lipinski definition) is 5. The summed E-state index contributed by atoms with van der Waals surface area (Å²) < 4.78 is 12.3. The van der Waals surface area contributed by atoms with Gasteiger partial charge in [0.2, 0.25) is 0 Å². The third-order valence-electron chi connectivity index (χ3n) is 4.12. The van der Waals surface area contributed by atoms with Gasteiger partial charge in [-0.2, -0.15) is 0 Å². The molecule has 1 aliphatic rings. The van der Waals surface area contributed by atoms with E-state index in [9.17, 15) is 5.11 Å². The Morgan fingerprint density at radius 1 is 1.30 bits per heavy atom. The lowest BCUT2D eigenvalue weighted by atomic mass is 10.2. The number of rotatable bonds is 5. The molecular weight excluding hydrogens is 499 g/mol. The fraction of sp³-hybridized carbons (Fsp3) is 0.316. The van der Waals surface area contributed by atoms with E-state index in [-0.39, 0.29) is 5.75 Å². The molecule has 0 saturated carbocycles. The monoisotopic (exact) mass is 516 g/mol. The molecular formula is C19H19Br2ClN2O3. The highest BCUT2D eigenvalue weighted by atomic mass is 79.9. The molecule has 2 aromatic rings. The van der Waals surface area contributed by atoms with Crippen LogP contribution >= 0.6 is 43.5 Å². The van der Waals surface area contributed by atoms with E-state index in [4.69, 9.17) is 21.1 Å². The molecule has 5 nitrogen and oxygen atoms in total. The van der Waals surface area contributed by atoms with Gasteiger partial charge in [-0.05, 0) is 63.0 Å². The van der Waals surface area contributed by atoms with Crippen molar-refractivity contribution in [3.05, 3.63) is 43.8 Å². The molecule has 0 unspecified atom stereocenters. The normalized spacial score (nSPS) is 14.7. The molecule has 2 aromatic carbocycles. The lowest BCUT2D eigenvalue weighted by molar-refractivity contribution is 0.122. The highest BCUT2D eigenvalue weighted by Gasteiger charge is 2.16. The Morgan fingerprint density at radius 2 is 2.04 bits per heavy atom. The summed E-state index contributed by atoms with van der Waals surface area (Å²) in [4.78, 5) is 6.67. The second kappa shape index (κ2) is 9.28. The molecule has 3 rings (SSSR count). The molecule has 1 N–H and O–H groups in total. The predicted octanol–water partition coefficient (Wildman–Crippen LogP) is 5.56. The van der Waals surface area contributed by atoms with Crippen LogP contribution in [0.2, 0.25) is 5.02 Å². The molecule has 1 saturated heterocycles. The van der Waals surface area contributed by atoms with Crippen molar-refractivity contribution in [2.45, 2.75) is 6.92 Å². The SMILES string of the molecule is CCOc1cc(Br)c(Br)c(C=Nc2ccc(N3CCOCC3)c(Cl)c2)c1O. The number of phenolic OH excluding ortho intramolecular Hbond substituents is 1. The van der Waals surface area contributed by atoms with Crippen LogP contribution in [0.3, 0.4) is 0 Å². The van der Waals surface area contributed by atoms with Crippen LogP contribution in [0.1, 0.15) is 12.5 Å². The molecule has 144 valence electrons. The molecule has 1 fully saturated rings. The zero-order valence-electron chi connectivity index (χ0n) is 14.7. The van der Waals surface area contributed by atoms with E-state index in [0.29, 0.717) is 46.3 Å². The van der Waals surface area contributed by atoms with E-state index in [1.807, 2.05) is 25.1 Å². The third-order valence-corrected chi connectivity index (χ3v) is 6.43. The summed E-state index contributed by atoms with van der Waals surface area (Å²) in [7, 11) is 0. The van der Waals surface area contributed by atoms with Crippen molar-refractivity contribution in [1.29, 1.82) is 0 Å². The van der Waals surface area contributed by atoms with Crippen molar-refractivity contribution in [3.63, 3.8) is 0 Å². The number of halogens is 3. The Balaban J connectivity index is 1.87. The number of aliphatic imine (C=N–C) groups is 1. The first-order valence-electron chi connectivity index (χ1n) is 8.51. The van der Waals surface area contributed by atoms with Gasteiger partial charge in [0.05, 0.1) is 41.8 Å². The van der Waals surface area contributed by atoms with Crippen molar-refractivity contribution >= 4 is 61.1 Å². The summed E-state index contributed by atoms with van der Waals surface area (Å²) in [6, 6.07) is 7.39. The van der Waals surface area contributed by atoms with Gasteiger partial charge < -0.3 is 19.5 Å². The van der Waals surface area contributed by atoms with Gasteiger partial charge in [0.25, 0.3) is 0 Å². The first-order chi connectivity index (χ1) is 13.0.